The molecule has 1 N–H and O–H groups in total. The minimum absolute atomic E-state index is 0.174. The molecule has 0 spiro atoms. The zero-order valence-electron chi connectivity index (χ0n) is 11.4. The zero-order valence-corrected chi connectivity index (χ0v) is 13.0. The van der Waals surface area contributed by atoms with E-state index in [4.69, 9.17) is 4.74 Å². The minimum Gasteiger partial charge on any atom is -0.455 e. The van der Waals surface area contributed by atoms with Gasteiger partial charge in [0.05, 0.1) is 6.42 Å². The van der Waals surface area contributed by atoms with Crippen LogP contribution in [-0.2, 0) is 20.7 Å². The van der Waals surface area contributed by atoms with Crippen LogP contribution in [0.3, 0.4) is 0 Å². The smallest absolute Gasteiger partial charge is 0.310 e. The Kier molecular flexibility index (Phi) is 5.17. The van der Waals surface area contributed by atoms with Crippen molar-refractivity contribution in [2.24, 2.45) is 5.92 Å². The summed E-state index contributed by atoms with van der Waals surface area (Å²) in [6.07, 6.45) is 2.52. The van der Waals surface area contributed by atoms with Crippen molar-refractivity contribution in [3.05, 3.63) is 34.3 Å². The van der Waals surface area contributed by atoms with Crippen molar-refractivity contribution in [3.8, 4) is 0 Å². The molecular formula is C15H18BrNO3. The van der Waals surface area contributed by atoms with E-state index in [1.807, 2.05) is 31.2 Å². The van der Waals surface area contributed by atoms with Gasteiger partial charge in [-0.15, -0.1) is 0 Å². The molecule has 5 heteroatoms. The van der Waals surface area contributed by atoms with Crippen LogP contribution in [0.5, 0.6) is 0 Å². The first-order valence-corrected chi connectivity index (χ1v) is 7.53. The molecule has 1 aromatic rings. The first kappa shape index (κ1) is 15.0. The monoisotopic (exact) mass is 339 g/mol. The molecular weight excluding hydrogens is 322 g/mol. The SMILES string of the molecule is C[C@H](NC(=O)COC(=O)Cc1ccc(Br)cc1)C1CC1. The van der Waals surface area contributed by atoms with Gasteiger partial charge in [-0.05, 0) is 43.4 Å². The fraction of sp³-hybridized carbons (Fsp3) is 0.467. The average Bonchev–Trinajstić information content (AvgIpc) is 3.23. The van der Waals surface area contributed by atoms with Gasteiger partial charge < -0.3 is 10.1 Å². The summed E-state index contributed by atoms with van der Waals surface area (Å²) in [4.78, 5) is 23.2. The van der Waals surface area contributed by atoms with Gasteiger partial charge in [-0.3, -0.25) is 9.59 Å². The molecule has 1 atom stereocenters. The Morgan fingerprint density at radius 1 is 1.35 bits per heavy atom. The number of esters is 1. The zero-order chi connectivity index (χ0) is 14.5. The maximum atomic E-state index is 11.6. The molecule has 1 aliphatic rings. The Balaban J connectivity index is 1.68. The fourth-order valence-electron chi connectivity index (χ4n) is 1.98. The lowest BCUT2D eigenvalue weighted by Gasteiger charge is -2.12. The van der Waals surface area contributed by atoms with Crippen molar-refractivity contribution < 1.29 is 14.3 Å². The third-order valence-electron chi connectivity index (χ3n) is 3.34. The van der Waals surface area contributed by atoms with Crippen LogP contribution in [0, 0.1) is 5.92 Å². The Morgan fingerprint density at radius 3 is 2.60 bits per heavy atom. The summed E-state index contributed by atoms with van der Waals surface area (Å²) in [5.41, 5.74) is 0.866. The Hall–Kier alpha value is -1.36. The number of benzene rings is 1. The third-order valence-corrected chi connectivity index (χ3v) is 3.87. The topological polar surface area (TPSA) is 55.4 Å². The number of carbonyl (C=O) groups is 2. The molecule has 0 saturated heterocycles. The number of amides is 1. The van der Waals surface area contributed by atoms with Gasteiger partial charge in [0.1, 0.15) is 0 Å². The van der Waals surface area contributed by atoms with Crippen LogP contribution < -0.4 is 5.32 Å². The third kappa shape index (κ3) is 4.96. The molecule has 0 radical (unpaired) electrons. The van der Waals surface area contributed by atoms with E-state index in [9.17, 15) is 9.59 Å². The molecule has 2 rings (SSSR count). The van der Waals surface area contributed by atoms with Crippen LogP contribution in [0.25, 0.3) is 0 Å². The van der Waals surface area contributed by atoms with Crippen molar-refractivity contribution >= 4 is 27.8 Å². The lowest BCUT2D eigenvalue weighted by Crippen LogP contribution is -2.37. The quantitative estimate of drug-likeness (QED) is 0.810. The second kappa shape index (κ2) is 6.88. The van der Waals surface area contributed by atoms with Gasteiger partial charge in [0, 0.05) is 10.5 Å². The van der Waals surface area contributed by atoms with Crippen molar-refractivity contribution in [3.63, 3.8) is 0 Å². The number of rotatable bonds is 6. The second-order valence-corrected chi connectivity index (χ2v) is 6.07. The van der Waals surface area contributed by atoms with Crippen LogP contribution in [-0.4, -0.2) is 24.5 Å². The summed E-state index contributed by atoms with van der Waals surface area (Å²) in [5.74, 6) is -0.0208. The molecule has 1 amide bonds. The normalized spacial score (nSPS) is 15.5. The van der Waals surface area contributed by atoms with E-state index in [0.29, 0.717) is 5.92 Å². The minimum atomic E-state index is -0.387. The van der Waals surface area contributed by atoms with Gasteiger partial charge in [-0.1, -0.05) is 28.1 Å². The first-order valence-electron chi connectivity index (χ1n) is 6.74. The molecule has 1 aromatic carbocycles. The molecule has 1 fully saturated rings. The van der Waals surface area contributed by atoms with Gasteiger partial charge in [0.15, 0.2) is 6.61 Å². The first-order chi connectivity index (χ1) is 9.54. The van der Waals surface area contributed by atoms with E-state index in [0.717, 1.165) is 10.0 Å². The molecule has 4 nitrogen and oxygen atoms in total. The van der Waals surface area contributed by atoms with Crippen LogP contribution in [0.15, 0.2) is 28.7 Å². The highest BCUT2D eigenvalue weighted by Crippen LogP contribution is 2.32. The molecule has 1 saturated carbocycles. The van der Waals surface area contributed by atoms with Gasteiger partial charge in [0.25, 0.3) is 5.91 Å². The standard InChI is InChI=1S/C15H18BrNO3/c1-10(12-4-5-12)17-14(18)9-20-15(19)8-11-2-6-13(16)7-3-11/h2-3,6-7,10,12H,4-5,8-9H2,1H3,(H,17,18)/t10-/m0/s1. The van der Waals surface area contributed by atoms with E-state index in [1.54, 1.807) is 0 Å². The number of carbonyl (C=O) groups excluding carboxylic acids is 2. The van der Waals surface area contributed by atoms with Crippen LogP contribution in [0.2, 0.25) is 0 Å². The number of ether oxygens (including phenoxy) is 1. The number of halogens is 1. The number of hydrogen-bond acceptors (Lipinski definition) is 3. The highest BCUT2D eigenvalue weighted by molar-refractivity contribution is 9.10. The van der Waals surface area contributed by atoms with Crippen LogP contribution >= 0.6 is 15.9 Å². The van der Waals surface area contributed by atoms with E-state index in [-0.39, 0.29) is 30.9 Å². The van der Waals surface area contributed by atoms with E-state index >= 15 is 0 Å². The van der Waals surface area contributed by atoms with Crippen LogP contribution in [0.4, 0.5) is 0 Å². The predicted molar refractivity (Wildman–Crippen MR) is 79.1 cm³/mol. The van der Waals surface area contributed by atoms with Gasteiger partial charge in [0.2, 0.25) is 0 Å². The number of hydrogen-bond donors (Lipinski definition) is 1. The van der Waals surface area contributed by atoms with Crippen LogP contribution in [0.1, 0.15) is 25.3 Å². The molecule has 0 heterocycles. The lowest BCUT2D eigenvalue weighted by atomic mass is 10.2. The molecule has 1 aliphatic carbocycles. The van der Waals surface area contributed by atoms with E-state index in [2.05, 4.69) is 21.2 Å². The molecule has 108 valence electrons. The summed E-state index contributed by atoms with van der Waals surface area (Å²) < 4.78 is 5.94. The summed E-state index contributed by atoms with van der Waals surface area (Å²) in [6, 6.07) is 7.60. The summed E-state index contributed by atoms with van der Waals surface area (Å²) in [7, 11) is 0. The van der Waals surface area contributed by atoms with Crippen molar-refractivity contribution in [1.82, 2.24) is 5.32 Å². The van der Waals surface area contributed by atoms with E-state index < -0.39 is 0 Å². The van der Waals surface area contributed by atoms with Crippen molar-refractivity contribution in [2.75, 3.05) is 6.61 Å². The maximum absolute atomic E-state index is 11.6. The summed E-state index contributed by atoms with van der Waals surface area (Å²) in [6.45, 7) is 1.78. The molecule has 0 bridgehead atoms. The fourth-order valence-corrected chi connectivity index (χ4v) is 2.24. The molecule has 20 heavy (non-hydrogen) atoms. The molecule has 0 unspecified atom stereocenters. The molecule has 0 aromatic heterocycles. The summed E-state index contributed by atoms with van der Waals surface area (Å²) >= 11 is 3.33. The Morgan fingerprint density at radius 2 is 2.00 bits per heavy atom. The lowest BCUT2D eigenvalue weighted by molar-refractivity contribution is -0.148. The maximum Gasteiger partial charge on any atom is 0.310 e. The Bertz CT molecular complexity index is 482. The number of nitrogens with one attached hydrogen (secondary N) is 1. The van der Waals surface area contributed by atoms with Gasteiger partial charge in [-0.25, -0.2) is 0 Å². The van der Waals surface area contributed by atoms with Gasteiger partial charge in [-0.2, -0.15) is 0 Å². The second-order valence-electron chi connectivity index (χ2n) is 5.16. The summed E-state index contributed by atoms with van der Waals surface area (Å²) in [5, 5.41) is 2.85. The average molecular weight is 340 g/mol. The van der Waals surface area contributed by atoms with Gasteiger partial charge >= 0.3 is 5.97 Å². The highest BCUT2D eigenvalue weighted by Gasteiger charge is 2.28. The predicted octanol–water partition coefficient (Wildman–Crippen LogP) is 2.45. The van der Waals surface area contributed by atoms with Crippen molar-refractivity contribution in [1.29, 1.82) is 0 Å². The Labute approximate surface area is 127 Å². The molecule has 0 aliphatic heterocycles. The van der Waals surface area contributed by atoms with Crippen molar-refractivity contribution in [2.45, 2.75) is 32.2 Å². The van der Waals surface area contributed by atoms with E-state index in [1.165, 1.54) is 12.8 Å². The highest BCUT2D eigenvalue weighted by atomic mass is 79.9. The largest absolute Gasteiger partial charge is 0.455 e.